The second-order valence-corrected chi connectivity index (χ2v) is 9.51. The van der Waals surface area contributed by atoms with Gasteiger partial charge in [-0.05, 0) is 62.2 Å². The maximum Gasteiger partial charge on any atom is 0.256 e. The number of aromatic amines is 1. The van der Waals surface area contributed by atoms with E-state index >= 15 is 0 Å². The molecule has 2 aliphatic heterocycles. The fourth-order valence-electron chi connectivity index (χ4n) is 5.11. The normalized spacial score (nSPS) is 20.2. The van der Waals surface area contributed by atoms with E-state index in [1.54, 1.807) is 24.3 Å². The number of nitriles is 1. The number of amides is 2. The van der Waals surface area contributed by atoms with Gasteiger partial charge in [-0.1, -0.05) is 18.2 Å². The summed E-state index contributed by atoms with van der Waals surface area (Å²) in [5, 5.41) is 15.6. The summed E-state index contributed by atoms with van der Waals surface area (Å²) < 4.78 is 14.0. The molecule has 7 nitrogen and oxygen atoms in total. The second-order valence-electron chi connectivity index (χ2n) is 9.51. The van der Waals surface area contributed by atoms with Gasteiger partial charge in [0, 0.05) is 42.1 Å². The maximum atomic E-state index is 14.0. The van der Waals surface area contributed by atoms with Crippen molar-refractivity contribution >= 4 is 29.2 Å². The van der Waals surface area contributed by atoms with Crippen LogP contribution in [-0.4, -0.2) is 46.9 Å². The Morgan fingerprint density at radius 1 is 1.17 bits per heavy atom. The van der Waals surface area contributed by atoms with Gasteiger partial charge in [-0.15, -0.1) is 0 Å². The number of carbonyl (C=O) groups excluding carboxylic acids is 2. The van der Waals surface area contributed by atoms with Crippen LogP contribution in [0.3, 0.4) is 0 Å². The van der Waals surface area contributed by atoms with Crippen LogP contribution in [0.2, 0.25) is 0 Å². The molecule has 1 fully saturated rings. The third-order valence-corrected chi connectivity index (χ3v) is 6.57. The summed E-state index contributed by atoms with van der Waals surface area (Å²) in [4.78, 5) is 31.6. The van der Waals surface area contributed by atoms with Gasteiger partial charge in [0.15, 0.2) is 0 Å². The van der Waals surface area contributed by atoms with Gasteiger partial charge in [-0.3, -0.25) is 9.59 Å². The summed E-state index contributed by atoms with van der Waals surface area (Å²) in [5.74, 6) is -0.981. The SMILES string of the molecule is Cc1cc(C(=O)N2C[C@@H](C)N[C@@H](C)C2)c(C=C2C(=O)Nc3cccc(-c4ccc(F)c(C#N)c4)c32)[nH]1. The lowest BCUT2D eigenvalue weighted by Gasteiger charge is -2.36. The van der Waals surface area contributed by atoms with Crippen LogP contribution in [0.15, 0.2) is 42.5 Å². The van der Waals surface area contributed by atoms with Gasteiger partial charge in [-0.25, -0.2) is 4.39 Å². The molecule has 0 unspecified atom stereocenters. The number of H-pyrrole nitrogens is 1. The molecule has 3 N–H and O–H groups in total. The van der Waals surface area contributed by atoms with Gasteiger partial charge in [0.1, 0.15) is 11.9 Å². The average Bonchev–Trinajstić information content (AvgIpc) is 3.37. The van der Waals surface area contributed by atoms with Crippen molar-refractivity contribution in [2.24, 2.45) is 0 Å². The van der Waals surface area contributed by atoms with Gasteiger partial charge in [0.25, 0.3) is 11.8 Å². The first-order chi connectivity index (χ1) is 17.2. The molecule has 5 rings (SSSR count). The van der Waals surface area contributed by atoms with E-state index in [9.17, 15) is 19.2 Å². The van der Waals surface area contributed by atoms with Crippen LogP contribution in [0.1, 0.15) is 46.7 Å². The van der Waals surface area contributed by atoms with Crippen molar-refractivity contribution in [1.29, 1.82) is 5.26 Å². The summed E-state index contributed by atoms with van der Waals surface area (Å²) in [7, 11) is 0. The summed E-state index contributed by atoms with van der Waals surface area (Å²) in [6.07, 6.45) is 1.70. The summed E-state index contributed by atoms with van der Waals surface area (Å²) >= 11 is 0. The van der Waals surface area contributed by atoms with Crippen LogP contribution in [0.5, 0.6) is 0 Å². The number of nitrogens with zero attached hydrogens (tertiary/aromatic N) is 2. The standard InChI is InChI=1S/C28H26FN5O2/c1-15-9-21(28(36)34-13-16(2)31-17(3)14-34)25(32-15)11-22-26-20(5-4-6-24(26)33-27(22)35)18-7-8-23(29)19(10-18)12-30/h4-11,16-17,31-32H,13-14H2,1-3H3,(H,33,35)/t16-,17+. The Kier molecular flexibility index (Phi) is 5.94. The number of fused-ring (bicyclic) bond motifs is 1. The van der Waals surface area contributed by atoms with E-state index in [2.05, 4.69) is 29.5 Å². The predicted molar refractivity (Wildman–Crippen MR) is 137 cm³/mol. The van der Waals surface area contributed by atoms with Crippen molar-refractivity contribution in [1.82, 2.24) is 15.2 Å². The molecule has 1 saturated heterocycles. The molecule has 8 heteroatoms. The lowest BCUT2D eigenvalue weighted by molar-refractivity contribution is -0.110. The van der Waals surface area contributed by atoms with Gasteiger partial charge >= 0.3 is 0 Å². The highest BCUT2D eigenvalue weighted by Crippen LogP contribution is 2.41. The summed E-state index contributed by atoms with van der Waals surface area (Å²) in [6, 6.07) is 13.8. The van der Waals surface area contributed by atoms with E-state index in [1.165, 1.54) is 12.1 Å². The topological polar surface area (TPSA) is 101 Å². The van der Waals surface area contributed by atoms with Gasteiger partial charge < -0.3 is 20.5 Å². The molecule has 3 heterocycles. The molecule has 2 amide bonds. The van der Waals surface area contributed by atoms with E-state index in [1.807, 2.05) is 30.0 Å². The molecule has 0 bridgehead atoms. The van der Waals surface area contributed by atoms with Gasteiger partial charge in [0.05, 0.1) is 22.4 Å². The zero-order valence-electron chi connectivity index (χ0n) is 20.3. The Morgan fingerprint density at radius 2 is 1.92 bits per heavy atom. The Hall–Kier alpha value is -4.22. The Morgan fingerprint density at radius 3 is 2.64 bits per heavy atom. The molecule has 0 aliphatic carbocycles. The molecular weight excluding hydrogens is 457 g/mol. The molecule has 2 atom stereocenters. The van der Waals surface area contributed by atoms with Gasteiger partial charge in [-0.2, -0.15) is 5.26 Å². The summed E-state index contributed by atoms with van der Waals surface area (Å²) in [6.45, 7) is 7.18. The van der Waals surface area contributed by atoms with Crippen LogP contribution >= 0.6 is 0 Å². The van der Waals surface area contributed by atoms with Crippen molar-refractivity contribution in [3.05, 3.63) is 76.4 Å². The van der Waals surface area contributed by atoms with E-state index in [-0.39, 0.29) is 29.5 Å². The monoisotopic (exact) mass is 483 g/mol. The van der Waals surface area contributed by atoms with E-state index in [4.69, 9.17) is 0 Å². The van der Waals surface area contributed by atoms with E-state index in [0.717, 1.165) is 5.69 Å². The number of hydrogen-bond acceptors (Lipinski definition) is 4. The van der Waals surface area contributed by atoms with E-state index < -0.39 is 5.82 Å². The largest absolute Gasteiger partial charge is 0.358 e. The first-order valence-electron chi connectivity index (χ1n) is 11.9. The fraction of sp³-hybridized carbons (Fsp3) is 0.250. The Bertz CT molecular complexity index is 1460. The minimum atomic E-state index is -0.597. The van der Waals surface area contributed by atoms with Crippen LogP contribution in [0.25, 0.3) is 22.8 Å². The molecule has 0 spiro atoms. The molecule has 1 aromatic heterocycles. The predicted octanol–water partition coefficient (Wildman–Crippen LogP) is 4.32. The first-order valence-corrected chi connectivity index (χ1v) is 11.9. The number of halogens is 1. The molecule has 3 aromatic rings. The maximum absolute atomic E-state index is 14.0. The molecule has 182 valence electrons. The zero-order chi connectivity index (χ0) is 25.6. The van der Waals surface area contributed by atoms with E-state index in [0.29, 0.717) is 52.3 Å². The molecular formula is C28H26FN5O2. The van der Waals surface area contributed by atoms with Crippen molar-refractivity contribution in [2.75, 3.05) is 18.4 Å². The molecule has 0 radical (unpaired) electrons. The summed E-state index contributed by atoms with van der Waals surface area (Å²) in [5.41, 5.74) is 4.77. The molecule has 2 aromatic carbocycles. The molecule has 2 aliphatic rings. The van der Waals surface area contributed by atoms with Crippen LogP contribution in [0, 0.1) is 24.1 Å². The van der Waals surface area contributed by atoms with Crippen molar-refractivity contribution in [2.45, 2.75) is 32.9 Å². The van der Waals surface area contributed by atoms with Crippen LogP contribution < -0.4 is 10.6 Å². The fourth-order valence-corrected chi connectivity index (χ4v) is 5.11. The third-order valence-electron chi connectivity index (χ3n) is 6.57. The van der Waals surface area contributed by atoms with Gasteiger partial charge in [0.2, 0.25) is 0 Å². The van der Waals surface area contributed by atoms with Crippen molar-refractivity contribution < 1.29 is 14.0 Å². The number of nitrogens with one attached hydrogen (secondary N) is 3. The quantitative estimate of drug-likeness (QED) is 0.483. The number of piperazine rings is 1. The average molecular weight is 484 g/mol. The lowest BCUT2D eigenvalue weighted by Crippen LogP contribution is -2.55. The minimum absolute atomic E-state index is 0.0692. The number of anilines is 1. The molecule has 36 heavy (non-hydrogen) atoms. The highest BCUT2D eigenvalue weighted by Gasteiger charge is 2.30. The number of benzene rings is 2. The van der Waals surface area contributed by atoms with Crippen molar-refractivity contribution in [3.63, 3.8) is 0 Å². The third kappa shape index (κ3) is 4.18. The number of aromatic nitrogens is 1. The highest BCUT2D eigenvalue weighted by molar-refractivity contribution is 6.36. The lowest BCUT2D eigenvalue weighted by atomic mass is 9.93. The molecule has 0 saturated carbocycles. The Labute approximate surface area is 208 Å². The second kappa shape index (κ2) is 9.10. The highest BCUT2D eigenvalue weighted by atomic mass is 19.1. The van der Waals surface area contributed by atoms with Crippen LogP contribution in [-0.2, 0) is 4.79 Å². The minimum Gasteiger partial charge on any atom is -0.358 e. The van der Waals surface area contributed by atoms with Crippen LogP contribution in [0.4, 0.5) is 10.1 Å². The zero-order valence-corrected chi connectivity index (χ0v) is 20.3. The first kappa shape index (κ1) is 23.5. The number of carbonyl (C=O) groups is 2. The number of hydrogen-bond donors (Lipinski definition) is 3. The van der Waals surface area contributed by atoms with Crippen molar-refractivity contribution in [3.8, 4) is 17.2 Å². The Balaban J connectivity index is 1.59. The number of aryl methyl sites for hydroxylation is 1. The smallest absolute Gasteiger partial charge is 0.256 e. The number of rotatable bonds is 3.